The highest BCUT2D eigenvalue weighted by Gasteiger charge is 2.11. The van der Waals surface area contributed by atoms with E-state index in [0.717, 1.165) is 29.5 Å². The summed E-state index contributed by atoms with van der Waals surface area (Å²) in [7, 11) is 0. The molecule has 1 amide bonds. The van der Waals surface area contributed by atoms with Crippen LogP contribution in [0.25, 0.3) is 11.1 Å². The highest BCUT2D eigenvalue weighted by atomic mass is 19.1. The molecular weight excluding hydrogens is 419 g/mol. The fourth-order valence-electron chi connectivity index (χ4n) is 3.32. The molecule has 4 rings (SSSR count). The zero-order valence-corrected chi connectivity index (χ0v) is 17.7. The average molecular weight is 440 g/mol. The molecule has 0 radical (unpaired) electrons. The van der Waals surface area contributed by atoms with Crippen molar-refractivity contribution < 1.29 is 13.9 Å². The first-order valence-electron chi connectivity index (χ1n) is 10.5. The van der Waals surface area contributed by atoms with Crippen LogP contribution in [-0.2, 0) is 6.42 Å². The number of nitrogens with zero attached hydrogens (tertiary/aromatic N) is 2. The zero-order chi connectivity index (χ0) is 23.0. The quantitative estimate of drug-likeness (QED) is 0.208. The van der Waals surface area contributed by atoms with Gasteiger partial charge in [-0.1, -0.05) is 17.9 Å². The van der Waals surface area contributed by atoms with Crippen molar-refractivity contribution in [2.24, 2.45) is 0 Å². The molecule has 0 atom stereocenters. The van der Waals surface area contributed by atoms with Crippen molar-refractivity contribution in [2.45, 2.75) is 12.8 Å². The molecule has 6 nitrogen and oxygen atoms in total. The SMILES string of the molecule is O=C(NCCCc1cn[nH]c1)c1ccc(-c2cc[n+]([O-])cc2)c(C#Cc2ccc(F)cc2)c1. The second kappa shape index (κ2) is 10.2. The van der Waals surface area contributed by atoms with Crippen LogP contribution in [0.2, 0.25) is 0 Å². The minimum absolute atomic E-state index is 0.191. The van der Waals surface area contributed by atoms with Crippen LogP contribution in [0.4, 0.5) is 4.39 Å². The van der Waals surface area contributed by atoms with Gasteiger partial charge in [-0.05, 0) is 65.9 Å². The van der Waals surface area contributed by atoms with E-state index in [2.05, 4.69) is 27.4 Å². The van der Waals surface area contributed by atoms with Gasteiger partial charge in [0.05, 0.1) is 6.20 Å². The van der Waals surface area contributed by atoms with E-state index in [-0.39, 0.29) is 11.7 Å². The third kappa shape index (κ3) is 5.83. The van der Waals surface area contributed by atoms with Gasteiger partial charge in [-0.25, -0.2) is 4.39 Å². The normalized spacial score (nSPS) is 10.3. The number of hydrogen-bond acceptors (Lipinski definition) is 3. The van der Waals surface area contributed by atoms with Crippen molar-refractivity contribution in [1.29, 1.82) is 0 Å². The number of aromatic amines is 1. The van der Waals surface area contributed by atoms with Gasteiger partial charge in [-0.2, -0.15) is 9.83 Å². The summed E-state index contributed by atoms with van der Waals surface area (Å²) < 4.78 is 13.9. The highest BCUT2D eigenvalue weighted by Crippen LogP contribution is 2.24. The summed E-state index contributed by atoms with van der Waals surface area (Å²) in [6.45, 7) is 0.532. The standard InChI is InChI=1S/C26H21FN4O2/c27-24-8-4-19(5-9-24)3-6-22-16-23(7-10-25(22)21-11-14-31(33)15-12-21)26(32)28-13-1-2-20-17-29-30-18-20/h4-5,7-12,14-18H,1-2,13H2,(H,28,32)(H,29,30). The van der Waals surface area contributed by atoms with Crippen LogP contribution in [0.1, 0.15) is 33.5 Å². The van der Waals surface area contributed by atoms with Gasteiger partial charge < -0.3 is 10.5 Å². The molecule has 4 aromatic rings. The van der Waals surface area contributed by atoms with Crippen LogP contribution in [0.5, 0.6) is 0 Å². The zero-order valence-electron chi connectivity index (χ0n) is 17.7. The maximum atomic E-state index is 13.2. The maximum Gasteiger partial charge on any atom is 0.251 e. The first-order valence-corrected chi connectivity index (χ1v) is 10.5. The Bertz CT molecular complexity index is 1290. The van der Waals surface area contributed by atoms with Crippen molar-refractivity contribution in [3.63, 3.8) is 0 Å². The van der Waals surface area contributed by atoms with Crippen molar-refractivity contribution in [2.75, 3.05) is 6.54 Å². The summed E-state index contributed by atoms with van der Waals surface area (Å²) >= 11 is 0. The molecule has 2 heterocycles. The minimum Gasteiger partial charge on any atom is -0.619 e. The van der Waals surface area contributed by atoms with Gasteiger partial charge in [-0.3, -0.25) is 9.89 Å². The Labute approximate surface area is 190 Å². The number of pyridine rings is 1. The predicted molar refractivity (Wildman–Crippen MR) is 122 cm³/mol. The van der Waals surface area contributed by atoms with Crippen LogP contribution in [-0.4, -0.2) is 22.6 Å². The summed E-state index contributed by atoms with van der Waals surface area (Å²) in [5.41, 5.74) is 4.46. The number of amides is 1. The Hall–Kier alpha value is -4.44. The lowest BCUT2D eigenvalue weighted by molar-refractivity contribution is -0.605. The van der Waals surface area contributed by atoms with Crippen molar-refractivity contribution >= 4 is 5.91 Å². The van der Waals surface area contributed by atoms with Crippen molar-refractivity contribution in [3.8, 4) is 23.0 Å². The monoisotopic (exact) mass is 440 g/mol. The molecule has 2 aromatic heterocycles. The molecule has 0 fully saturated rings. The molecule has 164 valence electrons. The molecule has 2 N–H and O–H groups in total. The predicted octanol–water partition coefficient (Wildman–Crippen LogP) is 3.61. The number of benzene rings is 2. The summed E-state index contributed by atoms with van der Waals surface area (Å²) in [4.78, 5) is 12.7. The Morgan fingerprint density at radius 3 is 2.61 bits per heavy atom. The van der Waals surface area contributed by atoms with E-state index < -0.39 is 0 Å². The molecule has 0 bridgehead atoms. The molecule has 0 saturated heterocycles. The molecule has 0 aliphatic carbocycles. The van der Waals surface area contributed by atoms with E-state index >= 15 is 0 Å². The summed E-state index contributed by atoms with van der Waals surface area (Å²) in [5.74, 6) is 5.59. The third-order valence-corrected chi connectivity index (χ3v) is 5.06. The molecule has 0 spiro atoms. The Balaban J connectivity index is 1.56. The molecule has 33 heavy (non-hydrogen) atoms. The molecule has 0 saturated carbocycles. The van der Waals surface area contributed by atoms with E-state index in [1.54, 1.807) is 42.6 Å². The van der Waals surface area contributed by atoms with E-state index in [0.29, 0.717) is 28.0 Å². The van der Waals surface area contributed by atoms with Gasteiger partial charge in [-0.15, -0.1) is 0 Å². The number of carbonyl (C=O) groups is 1. The second-order valence-corrected chi connectivity index (χ2v) is 7.43. The van der Waals surface area contributed by atoms with Gasteiger partial charge in [0.2, 0.25) is 0 Å². The van der Waals surface area contributed by atoms with Gasteiger partial charge in [0.1, 0.15) is 5.82 Å². The van der Waals surface area contributed by atoms with E-state index in [4.69, 9.17) is 0 Å². The number of halogens is 1. The number of nitrogens with one attached hydrogen (secondary N) is 2. The van der Waals surface area contributed by atoms with Gasteiger partial charge >= 0.3 is 0 Å². The fourth-order valence-corrected chi connectivity index (χ4v) is 3.32. The van der Waals surface area contributed by atoms with E-state index in [9.17, 15) is 14.4 Å². The first kappa shape index (κ1) is 21.8. The number of carbonyl (C=O) groups excluding carboxylic acids is 1. The molecule has 0 aliphatic heterocycles. The molecule has 7 heteroatoms. The number of aryl methyl sites for hydroxylation is 1. The number of rotatable bonds is 6. The summed E-state index contributed by atoms with van der Waals surface area (Å²) in [6.07, 6.45) is 8.03. The lowest BCUT2D eigenvalue weighted by Gasteiger charge is -2.09. The number of H-pyrrole nitrogens is 1. The maximum absolute atomic E-state index is 13.2. The molecular formula is C26H21FN4O2. The summed E-state index contributed by atoms with van der Waals surface area (Å²) in [5, 5.41) is 21.0. The number of aromatic nitrogens is 3. The topological polar surface area (TPSA) is 84.7 Å². The van der Waals surface area contributed by atoms with Crippen LogP contribution < -0.4 is 10.0 Å². The van der Waals surface area contributed by atoms with Gasteiger partial charge in [0.15, 0.2) is 12.4 Å². The van der Waals surface area contributed by atoms with Crippen molar-refractivity contribution in [1.82, 2.24) is 15.5 Å². The highest BCUT2D eigenvalue weighted by molar-refractivity contribution is 5.95. The smallest absolute Gasteiger partial charge is 0.251 e. The van der Waals surface area contributed by atoms with Crippen LogP contribution in [0.15, 0.2) is 79.4 Å². The molecule has 0 aliphatic rings. The lowest BCUT2D eigenvalue weighted by Crippen LogP contribution is -2.25. The van der Waals surface area contributed by atoms with Crippen LogP contribution in [0.3, 0.4) is 0 Å². The third-order valence-electron chi connectivity index (χ3n) is 5.06. The average Bonchev–Trinajstić information content (AvgIpc) is 3.35. The van der Waals surface area contributed by atoms with Gasteiger partial charge in [0.25, 0.3) is 5.91 Å². The number of hydrogen-bond donors (Lipinski definition) is 2. The minimum atomic E-state index is -0.331. The lowest BCUT2D eigenvalue weighted by atomic mass is 9.98. The first-order chi connectivity index (χ1) is 16.1. The molecule has 0 unspecified atom stereocenters. The van der Waals surface area contributed by atoms with Crippen LogP contribution in [0, 0.1) is 22.9 Å². The van der Waals surface area contributed by atoms with Gasteiger partial charge in [0, 0.05) is 41.6 Å². The van der Waals surface area contributed by atoms with Crippen LogP contribution >= 0.6 is 0 Å². The Morgan fingerprint density at radius 2 is 1.88 bits per heavy atom. The largest absolute Gasteiger partial charge is 0.619 e. The fraction of sp³-hybridized carbons (Fsp3) is 0.115. The second-order valence-electron chi connectivity index (χ2n) is 7.43. The Kier molecular flexibility index (Phi) is 6.76. The molecule has 2 aromatic carbocycles. The van der Waals surface area contributed by atoms with Crippen molar-refractivity contribution in [3.05, 3.63) is 113 Å². The van der Waals surface area contributed by atoms with E-state index in [1.807, 2.05) is 12.3 Å². The van der Waals surface area contributed by atoms with E-state index in [1.165, 1.54) is 24.5 Å². The Morgan fingerprint density at radius 1 is 1.09 bits per heavy atom. The summed E-state index contributed by atoms with van der Waals surface area (Å²) in [6, 6.07) is 14.6.